The zero-order valence-corrected chi connectivity index (χ0v) is 13.3. The molecular weight excluding hydrogens is 282 g/mol. The van der Waals surface area contributed by atoms with Crippen molar-refractivity contribution < 1.29 is 4.74 Å². The summed E-state index contributed by atoms with van der Waals surface area (Å²) < 4.78 is 6.12. The molecule has 0 aliphatic heterocycles. The van der Waals surface area contributed by atoms with Gasteiger partial charge in [-0.3, -0.25) is 0 Å². The van der Waals surface area contributed by atoms with Crippen molar-refractivity contribution in [3.8, 4) is 16.9 Å². The maximum atomic E-state index is 6.12. The highest BCUT2D eigenvalue weighted by molar-refractivity contribution is 5.73. The van der Waals surface area contributed by atoms with Gasteiger partial charge < -0.3 is 10.5 Å². The second-order valence-electron chi connectivity index (χ2n) is 5.62. The fourth-order valence-electron chi connectivity index (χ4n) is 2.65. The van der Waals surface area contributed by atoms with Crippen molar-refractivity contribution >= 4 is 0 Å². The first kappa shape index (κ1) is 15.3. The monoisotopic (exact) mass is 303 g/mol. The first-order valence-electron chi connectivity index (χ1n) is 7.83. The Bertz CT molecular complexity index is 781. The van der Waals surface area contributed by atoms with E-state index in [0.717, 1.165) is 22.4 Å². The van der Waals surface area contributed by atoms with Gasteiger partial charge in [0.1, 0.15) is 12.4 Å². The standard InChI is InChI=1S/C21H21NO/c1-16-7-5-6-10-19(16)20-12-11-18(14-22)13-21(20)23-15-17-8-3-2-4-9-17/h2-13H,14-15,22H2,1H3. The molecule has 23 heavy (non-hydrogen) atoms. The topological polar surface area (TPSA) is 35.2 Å². The number of nitrogens with two attached hydrogens (primary N) is 1. The van der Waals surface area contributed by atoms with Crippen LogP contribution in [0.4, 0.5) is 0 Å². The summed E-state index contributed by atoms with van der Waals surface area (Å²) in [6.45, 7) is 3.18. The Balaban J connectivity index is 1.95. The van der Waals surface area contributed by atoms with Crippen LogP contribution in [0.3, 0.4) is 0 Å². The zero-order valence-electron chi connectivity index (χ0n) is 13.3. The quantitative estimate of drug-likeness (QED) is 0.741. The molecule has 0 radical (unpaired) electrons. The van der Waals surface area contributed by atoms with Crippen molar-refractivity contribution in [1.29, 1.82) is 0 Å². The van der Waals surface area contributed by atoms with Crippen molar-refractivity contribution in [3.05, 3.63) is 89.5 Å². The van der Waals surface area contributed by atoms with E-state index in [-0.39, 0.29) is 0 Å². The molecule has 0 amide bonds. The van der Waals surface area contributed by atoms with Crippen LogP contribution in [-0.4, -0.2) is 0 Å². The van der Waals surface area contributed by atoms with E-state index in [2.05, 4.69) is 55.5 Å². The molecule has 0 fully saturated rings. The van der Waals surface area contributed by atoms with Crippen molar-refractivity contribution in [2.24, 2.45) is 5.73 Å². The lowest BCUT2D eigenvalue weighted by Crippen LogP contribution is -2.01. The molecule has 0 heterocycles. The van der Waals surface area contributed by atoms with E-state index >= 15 is 0 Å². The molecular formula is C21H21NO. The third-order valence-electron chi connectivity index (χ3n) is 3.95. The molecule has 0 spiro atoms. The highest BCUT2D eigenvalue weighted by Crippen LogP contribution is 2.33. The Morgan fingerprint density at radius 3 is 2.26 bits per heavy atom. The predicted octanol–water partition coefficient (Wildman–Crippen LogP) is 4.70. The minimum atomic E-state index is 0.510. The van der Waals surface area contributed by atoms with E-state index in [1.54, 1.807) is 0 Å². The Hall–Kier alpha value is -2.58. The molecule has 0 aromatic heterocycles. The number of benzene rings is 3. The molecule has 3 aromatic rings. The summed E-state index contributed by atoms with van der Waals surface area (Å²) in [4.78, 5) is 0. The molecule has 2 nitrogen and oxygen atoms in total. The summed E-state index contributed by atoms with van der Waals surface area (Å²) in [5.41, 5.74) is 11.6. The lowest BCUT2D eigenvalue weighted by Gasteiger charge is -2.15. The van der Waals surface area contributed by atoms with Crippen LogP contribution < -0.4 is 10.5 Å². The van der Waals surface area contributed by atoms with E-state index in [1.165, 1.54) is 11.1 Å². The van der Waals surface area contributed by atoms with E-state index in [4.69, 9.17) is 10.5 Å². The van der Waals surface area contributed by atoms with Crippen molar-refractivity contribution in [3.63, 3.8) is 0 Å². The van der Waals surface area contributed by atoms with Gasteiger partial charge in [0.15, 0.2) is 0 Å². The molecule has 0 saturated heterocycles. The second kappa shape index (κ2) is 7.12. The summed E-state index contributed by atoms with van der Waals surface area (Å²) in [6, 6.07) is 24.8. The fraction of sp³-hybridized carbons (Fsp3) is 0.143. The van der Waals surface area contributed by atoms with Crippen molar-refractivity contribution in [2.75, 3.05) is 0 Å². The number of hydrogen-bond acceptors (Lipinski definition) is 2. The lowest BCUT2D eigenvalue weighted by molar-refractivity contribution is 0.307. The Kier molecular flexibility index (Phi) is 4.74. The first-order chi connectivity index (χ1) is 11.3. The van der Waals surface area contributed by atoms with E-state index in [1.807, 2.05) is 24.3 Å². The maximum Gasteiger partial charge on any atom is 0.127 e. The molecule has 116 valence electrons. The molecule has 3 rings (SSSR count). The normalized spacial score (nSPS) is 10.5. The third-order valence-corrected chi connectivity index (χ3v) is 3.95. The minimum absolute atomic E-state index is 0.510. The van der Waals surface area contributed by atoms with Crippen LogP contribution in [0.2, 0.25) is 0 Å². The van der Waals surface area contributed by atoms with Gasteiger partial charge in [-0.05, 0) is 35.2 Å². The van der Waals surface area contributed by atoms with Crippen LogP contribution >= 0.6 is 0 Å². The van der Waals surface area contributed by atoms with Crippen LogP contribution in [-0.2, 0) is 13.2 Å². The molecule has 2 N–H and O–H groups in total. The van der Waals surface area contributed by atoms with Gasteiger partial charge in [0.2, 0.25) is 0 Å². The molecule has 0 atom stereocenters. The number of ether oxygens (including phenoxy) is 1. The van der Waals surface area contributed by atoms with Gasteiger partial charge >= 0.3 is 0 Å². The summed E-state index contributed by atoms with van der Waals surface area (Å²) in [5.74, 6) is 0.881. The maximum absolute atomic E-state index is 6.12. The van der Waals surface area contributed by atoms with Gasteiger partial charge in [-0.15, -0.1) is 0 Å². The van der Waals surface area contributed by atoms with E-state index in [9.17, 15) is 0 Å². The first-order valence-corrected chi connectivity index (χ1v) is 7.83. The average Bonchev–Trinajstić information content (AvgIpc) is 2.61. The van der Waals surface area contributed by atoms with Gasteiger partial charge in [0.05, 0.1) is 0 Å². The van der Waals surface area contributed by atoms with Crippen molar-refractivity contribution in [2.45, 2.75) is 20.1 Å². The fourth-order valence-corrected chi connectivity index (χ4v) is 2.65. The van der Waals surface area contributed by atoms with Gasteiger partial charge in [-0.25, -0.2) is 0 Å². The molecule has 0 bridgehead atoms. The molecule has 3 aromatic carbocycles. The summed E-state index contributed by atoms with van der Waals surface area (Å²) >= 11 is 0. The Morgan fingerprint density at radius 2 is 1.52 bits per heavy atom. The van der Waals surface area contributed by atoms with E-state index in [0.29, 0.717) is 13.2 Å². The van der Waals surface area contributed by atoms with Crippen molar-refractivity contribution in [1.82, 2.24) is 0 Å². The Morgan fingerprint density at radius 1 is 0.783 bits per heavy atom. The van der Waals surface area contributed by atoms with Gasteiger partial charge in [-0.1, -0.05) is 66.7 Å². The molecule has 0 aliphatic rings. The van der Waals surface area contributed by atoms with Gasteiger partial charge in [-0.2, -0.15) is 0 Å². The van der Waals surface area contributed by atoms with Crippen LogP contribution in [0.1, 0.15) is 16.7 Å². The molecule has 2 heteroatoms. The van der Waals surface area contributed by atoms with Gasteiger partial charge in [0.25, 0.3) is 0 Å². The highest BCUT2D eigenvalue weighted by atomic mass is 16.5. The molecule has 0 unspecified atom stereocenters. The summed E-state index contributed by atoms with van der Waals surface area (Å²) in [5, 5.41) is 0. The number of rotatable bonds is 5. The molecule has 0 saturated carbocycles. The van der Waals surface area contributed by atoms with E-state index < -0.39 is 0 Å². The van der Waals surface area contributed by atoms with Gasteiger partial charge in [0, 0.05) is 12.1 Å². The zero-order chi connectivity index (χ0) is 16.1. The lowest BCUT2D eigenvalue weighted by atomic mass is 9.98. The number of aryl methyl sites for hydroxylation is 1. The smallest absolute Gasteiger partial charge is 0.127 e. The number of hydrogen-bond donors (Lipinski definition) is 1. The largest absolute Gasteiger partial charge is 0.488 e. The van der Waals surface area contributed by atoms with Crippen LogP contribution in [0.15, 0.2) is 72.8 Å². The summed E-state index contributed by atoms with van der Waals surface area (Å²) in [7, 11) is 0. The van der Waals surface area contributed by atoms with Crippen LogP contribution in [0.5, 0.6) is 5.75 Å². The Labute approximate surface area is 137 Å². The SMILES string of the molecule is Cc1ccccc1-c1ccc(CN)cc1OCc1ccccc1. The summed E-state index contributed by atoms with van der Waals surface area (Å²) in [6.07, 6.45) is 0. The minimum Gasteiger partial charge on any atom is -0.488 e. The highest BCUT2D eigenvalue weighted by Gasteiger charge is 2.10. The van der Waals surface area contributed by atoms with Crippen LogP contribution in [0, 0.1) is 6.92 Å². The predicted molar refractivity (Wildman–Crippen MR) is 95.3 cm³/mol. The average molecular weight is 303 g/mol. The second-order valence-corrected chi connectivity index (χ2v) is 5.62. The van der Waals surface area contributed by atoms with Crippen LogP contribution in [0.25, 0.3) is 11.1 Å². The third kappa shape index (κ3) is 3.61. The molecule has 0 aliphatic carbocycles.